The van der Waals surface area contributed by atoms with Crippen LogP contribution in [0.3, 0.4) is 0 Å². The molecule has 1 heterocycles. The fraction of sp³-hybridized carbons (Fsp3) is 0.583. The molecule has 1 aliphatic carbocycles. The summed E-state index contributed by atoms with van der Waals surface area (Å²) in [6.07, 6.45) is 3.22. The van der Waals surface area contributed by atoms with E-state index in [1.54, 1.807) is 0 Å². The lowest BCUT2D eigenvalue weighted by atomic mass is 9.87. The van der Waals surface area contributed by atoms with Crippen LogP contribution in [0.1, 0.15) is 25.7 Å². The molecule has 0 aromatic carbocycles. The second kappa shape index (κ2) is 6.16. The van der Waals surface area contributed by atoms with Crippen molar-refractivity contribution in [3.05, 3.63) is 27.4 Å². The van der Waals surface area contributed by atoms with Gasteiger partial charge in [0.05, 0.1) is 11.0 Å². The minimum absolute atomic E-state index is 0.0692. The summed E-state index contributed by atoms with van der Waals surface area (Å²) in [6, 6.07) is 2.75. The Kier molecular flexibility index (Phi) is 4.55. The van der Waals surface area contributed by atoms with E-state index < -0.39 is 4.92 Å². The van der Waals surface area contributed by atoms with Gasteiger partial charge in [0.1, 0.15) is 5.15 Å². The van der Waals surface area contributed by atoms with E-state index in [-0.39, 0.29) is 22.8 Å². The van der Waals surface area contributed by atoms with Crippen LogP contribution < -0.4 is 5.32 Å². The number of pyridine rings is 1. The average Bonchev–Trinajstić information content (AvgIpc) is 2.38. The van der Waals surface area contributed by atoms with Gasteiger partial charge in [0, 0.05) is 12.6 Å². The summed E-state index contributed by atoms with van der Waals surface area (Å²) in [5, 5.41) is 23.5. The second-order valence-electron chi connectivity index (χ2n) is 4.81. The van der Waals surface area contributed by atoms with Crippen LogP contribution in [0.4, 0.5) is 11.5 Å². The number of aliphatic hydroxyl groups excluding tert-OH is 1. The summed E-state index contributed by atoms with van der Waals surface area (Å²) in [6.45, 7) is 0.612. The molecule has 7 heteroatoms. The van der Waals surface area contributed by atoms with Crippen LogP contribution in [0, 0.1) is 16.0 Å². The van der Waals surface area contributed by atoms with Gasteiger partial charge in [-0.2, -0.15) is 0 Å². The molecule has 1 aromatic rings. The van der Waals surface area contributed by atoms with Crippen molar-refractivity contribution < 1.29 is 10.0 Å². The third-order valence-electron chi connectivity index (χ3n) is 3.41. The Balaban J connectivity index is 1.98. The fourth-order valence-electron chi connectivity index (χ4n) is 2.30. The lowest BCUT2D eigenvalue weighted by molar-refractivity contribution is -0.384. The van der Waals surface area contributed by atoms with E-state index in [0.717, 1.165) is 25.7 Å². The molecule has 0 bridgehead atoms. The summed E-state index contributed by atoms with van der Waals surface area (Å²) in [7, 11) is 0. The minimum atomic E-state index is -0.476. The molecular weight excluding hydrogens is 270 g/mol. The van der Waals surface area contributed by atoms with Gasteiger partial charge in [-0.15, -0.1) is 0 Å². The second-order valence-corrected chi connectivity index (χ2v) is 5.20. The van der Waals surface area contributed by atoms with Crippen molar-refractivity contribution in [3.8, 4) is 0 Å². The Hall–Kier alpha value is -1.40. The minimum Gasteiger partial charge on any atom is -0.393 e. The number of hydrogen-bond acceptors (Lipinski definition) is 5. The number of rotatable bonds is 4. The first-order valence-electron chi connectivity index (χ1n) is 6.29. The van der Waals surface area contributed by atoms with Gasteiger partial charge in [-0.1, -0.05) is 11.6 Å². The molecule has 1 fully saturated rings. The molecule has 0 radical (unpaired) electrons. The zero-order valence-corrected chi connectivity index (χ0v) is 11.1. The predicted molar refractivity (Wildman–Crippen MR) is 72.4 cm³/mol. The van der Waals surface area contributed by atoms with Gasteiger partial charge >= 0.3 is 5.69 Å². The topological polar surface area (TPSA) is 88.3 Å². The number of nitrogens with one attached hydrogen (secondary N) is 1. The molecule has 6 nitrogen and oxygen atoms in total. The third-order valence-corrected chi connectivity index (χ3v) is 3.62. The van der Waals surface area contributed by atoms with Crippen LogP contribution in [-0.2, 0) is 0 Å². The summed E-state index contributed by atoms with van der Waals surface area (Å²) in [5.74, 6) is 0.618. The number of anilines is 1. The van der Waals surface area contributed by atoms with Crippen molar-refractivity contribution in [2.24, 2.45) is 5.92 Å². The Morgan fingerprint density at radius 2 is 2.11 bits per heavy atom. The lowest BCUT2D eigenvalue weighted by Crippen LogP contribution is -2.24. The van der Waals surface area contributed by atoms with E-state index in [0.29, 0.717) is 12.5 Å². The standard InChI is InChI=1S/C12H16ClN3O3/c13-11-6-5-10(16(18)19)12(15-11)14-7-8-1-3-9(17)4-2-8/h5-6,8-9,17H,1-4,7H2,(H,14,15). The molecule has 1 saturated carbocycles. The fourth-order valence-corrected chi connectivity index (χ4v) is 2.44. The van der Waals surface area contributed by atoms with Crippen LogP contribution in [-0.4, -0.2) is 27.7 Å². The van der Waals surface area contributed by atoms with Crippen LogP contribution in [0.15, 0.2) is 12.1 Å². The number of aliphatic hydroxyl groups is 1. The Labute approximate surface area is 116 Å². The molecule has 2 rings (SSSR count). The molecule has 0 amide bonds. The number of nitrogens with zero attached hydrogens (tertiary/aromatic N) is 2. The lowest BCUT2D eigenvalue weighted by Gasteiger charge is -2.25. The zero-order chi connectivity index (χ0) is 13.8. The Bertz CT molecular complexity index is 462. The van der Waals surface area contributed by atoms with E-state index in [1.165, 1.54) is 12.1 Å². The van der Waals surface area contributed by atoms with Gasteiger partial charge in [0.25, 0.3) is 0 Å². The van der Waals surface area contributed by atoms with Crippen molar-refractivity contribution in [3.63, 3.8) is 0 Å². The number of hydrogen-bond donors (Lipinski definition) is 2. The van der Waals surface area contributed by atoms with Gasteiger partial charge in [-0.3, -0.25) is 10.1 Å². The Morgan fingerprint density at radius 1 is 1.42 bits per heavy atom. The van der Waals surface area contributed by atoms with Gasteiger partial charge in [-0.25, -0.2) is 4.98 Å². The molecule has 0 unspecified atom stereocenters. The van der Waals surface area contributed by atoms with Crippen molar-refractivity contribution in [2.75, 3.05) is 11.9 Å². The van der Waals surface area contributed by atoms with Crippen LogP contribution >= 0.6 is 11.6 Å². The van der Waals surface area contributed by atoms with Crippen molar-refractivity contribution in [2.45, 2.75) is 31.8 Å². The molecule has 19 heavy (non-hydrogen) atoms. The maximum absolute atomic E-state index is 10.9. The monoisotopic (exact) mass is 285 g/mol. The molecule has 0 aliphatic heterocycles. The van der Waals surface area contributed by atoms with Gasteiger partial charge in [0.15, 0.2) is 0 Å². The predicted octanol–water partition coefficient (Wildman–Crippen LogP) is 2.61. The first-order valence-corrected chi connectivity index (χ1v) is 6.67. The van der Waals surface area contributed by atoms with Crippen molar-refractivity contribution >= 4 is 23.1 Å². The maximum atomic E-state index is 10.9. The highest BCUT2D eigenvalue weighted by Gasteiger charge is 2.21. The largest absolute Gasteiger partial charge is 0.393 e. The summed E-state index contributed by atoms with van der Waals surface area (Å²) in [5.41, 5.74) is -0.0692. The first kappa shape index (κ1) is 14.0. The summed E-state index contributed by atoms with van der Waals surface area (Å²) >= 11 is 5.76. The average molecular weight is 286 g/mol. The van der Waals surface area contributed by atoms with Gasteiger partial charge in [-0.05, 0) is 37.7 Å². The maximum Gasteiger partial charge on any atom is 0.311 e. The molecule has 104 valence electrons. The van der Waals surface area contributed by atoms with E-state index in [9.17, 15) is 15.2 Å². The first-order chi connectivity index (χ1) is 9.06. The van der Waals surface area contributed by atoms with Gasteiger partial charge in [0.2, 0.25) is 5.82 Å². The van der Waals surface area contributed by atoms with Crippen molar-refractivity contribution in [1.29, 1.82) is 0 Å². The van der Waals surface area contributed by atoms with E-state index in [1.807, 2.05) is 0 Å². The van der Waals surface area contributed by atoms with E-state index in [4.69, 9.17) is 11.6 Å². The summed E-state index contributed by atoms with van der Waals surface area (Å²) in [4.78, 5) is 14.4. The molecular formula is C12H16ClN3O3. The summed E-state index contributed by atoms with van der Waals surface area (Å²) < 4.78 is 0. The molecule has 1 aromatic heterocycles. The van der Waals surface area contributed by atoms with Crippen molar-refractivity contribution in [1.82, 2.24) is 4.98 Å². The number of halogens is 1. The SMILES string of the molecule is O=[N+]([O-])c1ccc(Cl)nc1NCC1CCC(O)CC1. The zero-order valence-electron chi connectivity index (χ0n) is 10.4. The Morgan fingerprint density at radius 3 is 2.74 bits per heavy atom. The number of nitro groups is 1. The van der Waals surface area contributed by atoms with Crippen LogP contribution in [0.5, 0.6) is 0 Å². The van der Waals surface area contributed by atoms with Crippen LogP contribution in [0.25, 0.3) is 0 Å². The van der Waals surface area contributed by atoms with Gasteiger partial charge < -0.3 is 10.4 Å². The van der Waals surface area contributed by atoms with E-state index in [2.05, 4.69) is 10.3 Å². The molecule has 1 aliphatic rings. The highest BCUT2D eigenvalue weighted by Crippen LogP contribution is 2.27. The molecule has 0 atom stereocenters. The molecule has 0 saturated heterocycles. The van der Waals surface area contributed by atoms with E-state index >= 15 is 0 Å². The molecule has 0 spiro atoms. The highest BCUT2D eigenvalue weighted by atomic mass is 35.5. The number of aromatic nitrogens is 1. The smallest absolute Gasteiger partial charge is 0.311 e. The van der Waals surface area contributed by atoms with Crippen LogP contribution in [0.2, 0.25) is 5.15 Å². The normalized spacial score (nSPS) is 23.1. The highest BCUT2D eigenvalue weighted by molar-refractivity contribution is 6.29. The third kappa shape index (κ3) is 3.78. The quantitative estimate of drug-likeness (QED) is 0.504. The molecule has 2 N–H and O–H groups in total.